The van der Waals surface area contributed by atoms with Crippen LogP contribution in [0.15, 0.2) is 59.8 Å². The highest BCUT2D eigenvalue weighted by Crippen LogP contribution is 2.44. The van der Waals surface area contributed by atoms with E-state index in [0.29, 0.717) is 24.2 Å². The fraction of sp³-hybridized carbons (Fsp3) is 0.385. The van der Waals surface area contributed by atoms with E-state index < -0.39 is 0 Å². The number of rotatable bonds is 3. The molecule has 2 unspecified atom stereocenters. The van der Waals surface area contributed by atoms with E-state index in [1.165, 1.54) is 12.3 Å². The molecule has 0 radical (unpaired) electrons. The standard InChI is InChI=1S/C26H28N4O3/c31-23-14-18(9-12-28-23)25(33)30-13-5-11-26(17-30)10-4-3-8-22(26)29-24(32)21-16-27-15-19-6-1-2-7-20(19)21/h1-2,6-7,9,12,14-16,22H,3-5,8,10-11,13,17H2,(H,28,31)(H,29,32). The van der Waals surface area contributed by atoms with E-state index in [0.717, 1.165) is 49.3 Å². The molecule has 1 saturated heterocycles. The topological polar surface area (TPSA) is 95.2 Å². The highest BCUT2D eigenvalue weighted by atomic mass is 16.2. The third-order valence-corrected chi connectivity index (χ3v) is 7.29. The summed E-state index contributed by atoms with van der Waals surface area (Å²) >= 11 is 0. The van der Waals surface area contributed by atoms with Crippen LogP contribution < -0.4 is 10.9 Å². The van der Waals surface area contributed by atoms with Crippen LogP contribution in [-0.4, -0.2) is 45.8 Å². The van der Waals surface area contributed by atoms with Crippen molar-refractivity contribution in [2.24, 2.45) is 5.41 Å². The van der Waals surface area contributed by atoms with Crippen molar-refractivity contribution in [3.05, 3.63) is 76.5 Å². The number of aromatic nitrogens is 2. The first-order valence-electron chi connectivity index (χ1n) is 11.7. The Morgan fingerprint density at radius 2 is 1.94 bits per heavy atom. The number of H-pyrrole nitrogens is 1. The van der Waals surface area contributed by atoms with Gasteiger partial charge in [-0.2, -0.15) is 0 Å². The van der Waals surface area contributed by atoms with Gasteiger partial charge in [0.05, 0.1) is 5.56 Å². The summed E-state index contributed by atoms with van der Waals surface area (Å²) in [5.74, 6) is -0.224. The average Bonchev–Trinajstić information content (AvgIpc) is 2.85. The van der Waals surface area contributed by atoms with Gasteiger partial charge in [0.1, 0.15) is 0 Å². The predicted molar refractivity (Wildman–Crippen MR) is 126 cm³/mol. The number of benzene rings is 1. The summed E-state index contributed by atoms with van der Waals surface area (Å²) in [5.41, 5.74) is 0.565. The summed E-state index contributed by atoms with van der Waals surface area (Å²) in [6, 6.07) is 10.8. The largest absolute Gasteiger partial charge is 0.349 e. The minimum atomic E-state index is -0.279. The number of fused-ring (bicyclic) bond motifs is 1. The van der Waals surface area contributed by atoms with Gasteiger partial charge in [0, 0.05) is 60.2 Å². The number of hydrogen-bond donors (Lipinski definition) is 2. The van der Waals surface area contributed by atoms with Crippen molar-refractivity contribution < 1.29 is 9.59 Å². The molecule has 1 aromatic carbocycles. The molecule has 3 aromatic rings. The molecule has 2 atom stereocenters. The Morgan fingerprint density at radius 3 is 2.82 bits per heavy atom. The number of nitrogens with zero attached hydrogens (tertiary/aromatic N) is 2. The minimum Gasteiger partial charge on any atom is -0.349 e. The molecule has 2 N–H and O–H groups in total. The monoisotopic (exact) mass is 444 g/mol. The molecular weight excluding hydrogens is 416 g/mol. The smallest absolute Gasteiger partial charge is 0.254 e. The number of piperidine rings is 1. The minimum absolute atomic E-state index is 0.00695. The van der Waals surface area contributed by atoms with Crippen LogP contribution in [0.4, 0.5) is 0 Å². The van der Waals surface area contributed by atoms with Crippen LogP contribution in [0.2, 0.25) is 0 Å². The van der Waals surface area contributed by atoms with Crippen molar-refractivity contribution in [1.82, 2.24) is 20.2 Å². The van der Waals surface area contributed by atoms with Crippen LogP contribution in [0.25, 0.3) is 10.8 Å². The molecule has 1 spiro atoms. The van der Waals surface area contributed by atoms with Crippen molar-refractivity contribution in [2.75, 3.05) is 13.1 Å². The second kappa shape index (κ2) is 8.81. The van der Waals surface area contributed by atoms with Gasteiger partial charge in [-0.05, 0) is 37.1 Å². The number of nitrogens with one attached hydrogen (secondary N) is 2. The third-order valence-electron chi connectivity index (χ3n) is 7.29. The molecule has 1 aliphatic heterocycles. The number of pyridine rings is 2. The van der Waals surface area contributed by atoms with Gasteiger partial charge in [-0.15, -0.1) is 0 Å². The number of hydrogen-bond acceptors (Lipinski definition) is 4. The van der Waals surface area contributed by atoms with E-state index in [4.69, 9.17) is 0 Å². The van der Waals surface area contributed by atoms with Gasteiger partial charge >= 0.3 is 0 Å². The first-order chi connectivity index (χ1) is 16.1. The van der Waals surface area contributed by atoms with Crippen LogP contribution >= 0.6 is 0 Å². The van der Waals surface area contributed by atoms with E-state index >= 15 is 0 Å². The van der Waals surface area contributed by atoms with Crippen LogP contribution in [0.1, 0.15) is 59.2 Å². The first kappa shape index (κ1) is 21.4. The van der Waals surface area contributed by atoms with Crippen LogP contribution in [0.3, 0.4) is 0 Å². The normalized spacial score (nSPS) is 22.9. The Kier molecular flexibility index (Phi) is 5.70. The molecule has 1 aliphatic carbocycles. The Labute approximate surface area is 192 Å². The molecule has 2 aromatic heterocycles. The molecule has 2 amide bonds. The molecule has 5 rings (SSSR count). The maximum absolute atomic E-state index is 13.4. The van der Waals surface area contributed by atoms with Crippen molar-refractivity contribution in [1.29, 1.82) is 0 Å². The molecule has 170 valence electrons. The second-order valence-corrected chi connectivity index (χ2v) is 9.31. The molecule has 7 nitrogen and oxygen atoms in total. The lowest BCUT2D eigenvalue weighted by molar-refractivity contribution is 0.0203. The zero-order chi connectivity index (χ0) is 22.8. The van der Waals surface area contributed by atoms with Gasteiger partial charge in [0.15, 0.2) is 0 Å². The third kappa shape index (κ3) is 4.15. The zero-order valence-electron chi connectivity index (χ0n) is 18.5. The van der Waals surface area contributed by atoms with E-state index in [9.17, 15) is 14.4 Å². The highest BCUT2D eigenvalue weighted by Gasteiger charge is 2.45. The van der Waals surface area contributed by atoms with E-state index in [2.05, 4.69) is 15.3 Å². The van der Waals surface area contributed by atoms with E-state index in [1.54, 1.807) is 18.5 Å². The Balaban J connectivity index is 1.39. The van der Waals surface area contributed by atoms with Gasteiger partial charge in [-0.3, -0.25) is 19.4 Å². The summed E-state index contributed by atoms with van der Waals surface area (Å²) < 4.78 is 0. The van der Waals surface area contributed by atoms with E-state index in [1.807, 2.05) is 29.2 Å². The predicted octanol–water partition coefficient (Wildman–Crippen LogP) is 3.52. The molecule has 2 fully saturated rings. The Bertz CT molecular complexity index is 1240. The summed E-state index contributed by atoms with van der Waals surface area (Å²) in [6.45, 7) is 1.26. The quantitative estimate of drug-likeness (QED) is 0.646. The summed E-state index contributed by atoms with van der Waals surface area (Å²) in [7, 11) is 0. The zero-order valence-corrected chi connectivity index (χ0v) is 18.5. The fourth-order valence-electron chi connectivity index (χ4n) is 5.65. The lowest BCUT2D eigenvalue weighted by Crippen LogP contribution is -2.58. The lowest BCUT2D eigenvalue weighted by atomic mass is 9.65. The SMILES string of the molecule is O=C(NC1CCCCC12CCCN(C(=O)c1cc[nH]c(=O)c1)C2)c1cncc2ccccc12. The lowest BCUT2D eigenvalue weighted by Gasteiger charge is -2.50. The molecular formula is C26H28N4O3. The Hall–Kier alpha value is -3.48. The molecule has 0 bridgehead atoms. The average molecular weight is 445 g/mol. The molecule has 7 heteroatoms. The van der Waals surface area contributed by atoms with Crippen molar-refractivity contribution >= 4 is 22.6 Å². The Morgan fingerprint density at radius 1 is 1.09 bits per heavy atom. The van der Waals surface area contributed by atoms with Crippen molar-refractivity contribution in [3.8, 4) is 0 Å². The summed E-state index contributed by atoms with van der Waals surface area (Å²) in [5, 5.41) is 5.16. The maximum atomic E-state index is 13.4. The number of carbonyl (C=O) groups is 2. The summed E-state index contributed by atoms with van der Waals surface area (Å²) in [4.78, 5) is 46.9. The summed E-state index contributed by atoms with van der Waals surface area (Å²) in [6.07, 6.45) is 10.8. The molecule has 1 saturated carbocycles. The second-order valence-electron chi connectivity index (χ2n) is 9.31. The van der Waals surface area contributed by atoms with Gasteiger partial charge in [-0.25, -0.2) is 0 Å². The number of likely N-dealkylation sites (tertiary alicyclic amines) is 1. The molecule has 2 aliphatic rings. The fourth-order valence-corrected chi connectivity index (χ4v) is 5.65. The number of amides is 2. The van der Waals surface area contributed by atoms with Crippen molar-refractivity contribution in [3.63, 3.8) is 0 Å². The van der Waals surface area contributed by atoms with E-state index in [-0.39, 0.29) is 28.8 Å². The van der Waals surface area contributed by atoms with Gasteiger partial charge in [0.2, 0.25) is 5.56 Å². The number of carbonyl (C=O) groups excluding carboxylic acids is 2. The highest BCUT2D eigenvalue weighted by molar-refractivity contribution is 6.06. The van der Waals surface area contributed by atoms with Crippen LogP contribution in [0.5, 0.6) is 0 Å². The molecule has 3 heterocycles. The first-order valence-corrected chi connectivity index (χ1v) is 11.7. The van der Waals surface area contributed by atoms with Crippen LogP contribution in [-0.2, 0) is 0 Å². The van der Waals surface area contributed by atoms with Gasteiger partial charge in [-0.1, -0.05) is 37.1 Å². The maximum Gasteiger partial charge on any atom is 0.254 e. The number of aromatic amines is 1. The van der Waals surface area contributed by atoms with Gasteiger partial charge in [0.25, 0.3) is 11.8 Å². The molecule has 33 heavy (non-hydrogen) atoms. The van der Waals surface area contributed by atoms with Gasteiger partial charge < -0.3 is 15.2 Å². The van der Waals surface area contributed by atoms with Crippen molar-refractivity contribution in [2.45, 2.75) is 44.6 Å². The van der Waals surface area contributed by atoms with Crippen LogP contribution in [0, 0.1) is 5.41 Å².